The van der Waals surface area contributed by atoms with Crippen molar-refractivity contribution >= 4 is 34.0 Å². The van der Waals surface area contributed by atoms with Crippen LogP contribution in [0.25, 0.3) is 0 Å². The number of nitrogens with zero attached hydrogens (tertiary/aromatic N) is 1. The number of thiazole rings is 1. The van der Waals surface area contributed by atoms with Gasteiger partial charge in [0.15, 0.2) is 5.13 Å². The van der Waals surface area contributed by atoms with Gasteiger partial charge in [0, 0.05) is 5.38 Å². The van der Waals surface area contributed by atoms with E-state index in [4.69, 9.17) is 16.4 Å². The first-order valence-corrected chi connectivity index (χ1v) is 4.80. The van der Waals surface area contributed by atoms with Crippen LogP contribution in [0.2, 0.25) is 5.15 Å². The average molecular weight is 220 g/mol. The quantitative estimate of drug-likeness (QED) is 0.766. The number of carbonyl (C=O) groups is 1. The van der Waals surface area contributed by atoms with Crippen molar-refractivity contribution < 1.29 is 9.63 Å². The zero-order valence-corrected chi connectivity index (χ0v) is 7.98. The molecule has 0 aromatic carbocycles. The second-order valence-electron chi connectivity index (χ2n) is 2.45. The summed E-state index contributed by atoms with van der Waals surface area (Å²) >= 11 is 6.96. The van der Waals surface area contributed by atoms with Gasteiger partial charge in [-0.2, -0.15) is 0 Å². The molecule has 2 rings (SSSR count). The van der Waals surface area contributed by atoms with E-state index in [1.807, 2.05) is 0 Å². The van der Waals surface area contributed by atoms with Gasteiger partial charge in [0.1, 0.15) is 17.8 Å². The Hall–Kier alpha value is -0.850. The minimum atomic E-state index is -0.373. The third kappa shape index (κ3) is 1.90. The number of hydrogen-bond acceptors (Lipinski definition) is 5. The second kappa shape index (κ2) is 3.49. The number of nitrogens with one attached hydrogen (secondary N) is 2. The Morgan fingerprint density at radius 3 is 3.23 bits per heavy atom. The molecular formula is C6H6ClN3O2S. The number of halogens is 1. The zero-order chi connectivity index (χ0) is 9.26. The molecule has 70 valence electrons. The molecule has 1 aromatic rings. The van der Waals surface area contributed by atoms with Crippen LogP contribution in [0.3, 0.4) is 0 Å². The van der Waals surface area contributed by atoms with Crippen molar-refractivity contribution in [2.45, 2.75) is 6.04 Å². The maximum Gasteiger partial charge on any atom is 0.268 e. The molecule has 0 bridgehead atoms. The molecule has 1 saturated heterocycles. The lowest BCUT2D eigenvalue weighted by Gasteiger charge is -2.04. The van der Waals surface area contributed by atoms with Crippen molar-refractivity contribution in [3.05, 3.63) is 10.5 Å². The van der Waals surface area contributed by atoms with Crippen LogP contribution in [0.4, 0.5) is 5.13 Å². The highest BCUT2D eigenvalue weighted by molar-refractivity contribution is 7.14. The lowest BCUT2D eigenvalue weighted by molar-refractivity contribution is -0.124. The Bertz CT molecular complexity index is 329. The first-order valence-electron chi connectivity index (χ1n) is 3.55. The highest BCUT2D eigenvalue weighted by atomic mass is 35.5. The van der Waals surface area contributed by atoms with E-state index in [1.54, 1.807) is 5.38 Å². The first-order chi connectivity index (χ1) is 6.25. The molecule has 1 fully saturated rings. The number of anilines is 1. The van der Waals surface area contributed by atoms with E-state index in [9.17, 15) is 4.79 Å². The summed E-state index contributed by atoms with van der Waals surface area (Å²) in [6, 6.07) is -0.373. The van der Waals surface area contributed by atoms with Crippen LogP contribution in [-0.2, 0) is 9.63 Å². The third-order valence-electron chi connectivity index (χ3n) is 1.51. The van der Waals surface area contributed by atoms with E-state index in [2.05, 4.69) is 15.8 Å². The van der Waals surface area contributed by atoms with E-state index < -0.39 is 0 Å². The summed E-state index contributed by atoms with van der Waals surface area (Å²) in [6.07, 6.45) is 0. The molecule has 2 heterocycles. The minimum Gasteiger partial charge on any atom is -0.348 e. The topological polar surface area (TPSA) is 63.2 Å². The fraction of sp³-hybridized carbons (Fsp3) is 0.333. The maximum atomic E-state index is 11.0. The standard InChI is InChI=1S/C6H6ClN3O2S/c7-4-2-13-6(9-4)8-3-1-12-10-5(3)11/h2-3H,1H2,(H,8,9)(H,10,11). The van der Waals surface area contributed by atoms with Gasteiger partial charge >= 0.3 is 0 Å². The van der Waals surface area contributed by atoms with Gasteiger partial charge in [0.2, 0.25) is 0 Å². The van der Waals surface area contributed by atoms with Crippen LogP contribution in [0.1, 0.15) is 0 Å². The zero-order valence-electron chi connectivity index (χ0n) is 6.41. The van der Waals surface area contributed by atoms with Gasteiger partial charge in [0.05, 0.1) is 0 Å². The molecule has 5 nitrogen and oxygen atoms in total. The Morgan fingerprint density at radius 2 is 2.69 bits per heavy atom. The van der Waals surface area contributed by atoms with Gasteiger partial charge in [0.25, 0.3) is 5.91 Å². The van der Waals surface area contributed by atoms with Crippen LogP contribution >= 0.6 is 22.9 Å². The SMILES string of the molecule is O=C1NOCC1Nc1nc(Cl)cs1. The minimum absolute atomic E-state index is 0.189. The van der Waals surface area contributed by atoms with Crippen molar-refractivity contribution in [2.75, 3.05) is 11.9 Å². The predicted octanol–water partition coefficient (Wildman–Crippen LogP) is 0.638. The van der Waals surface area contributed by atoms with Gasteiger partial charge in [-0.05, 0) is 0 Å². The summed E-state index contributed by atoms with van der Waals surface area (Å²) in [5, 5.41) is 5.63. The summed E-state index contributed by atoms with van der Waals surface area (Å²) in [5.41, 5.74) is 2.24. The van der Waals surface area contributed by atoms with Gasteiger partial charge in [-0.1, -0.05) is 11.6 Å². The van der Waals surface area contributed by atoms with E-state index in [1.165, 1.54) is 11.3 Å². The fourth-order valence-electron chi connectivity index (χ4n) is 0.920. The van der Waals surface area contributed by atoms with E-state index in [0.717, 1.165) is 0 Å². The molecule has 0 aliphatic carbocycles. The van der Waals surface area contributed by atoms with Crippen molar-refractivity contribution in [1.82, 2.24) is 10.5 Å². The normalized spacial score (nSPS) is 21.6. The molecule has 13 heavy (non-hydrogen) atoms. The largest absolute Gasteiger partial charge is 0.348 e. The number of hydroxylamine groups is 1. The number of rotatable bonds is 2. The highest BCUT2D eigenvalue weighted by Crippen LogP contribution is 2.20. The Kier molecular flexibility index (Phi) is 2.34. The molecular weight excluding hydrogens is 214 g/mol. The number of amides is 1. The van der Waals surface area contributed by atoms with Crippen LogP contribution in [0.15, 0.2) is 5.38 Å². The average Bonchev–Trinajstić information content (AvgIpc) is 2.64. The number of hydrogen-bond donors (Lipinski definition) is 2. The lowest BCUT2D eigenvalue weighted by atomic mass is 10.3. The number of aromatic nitrogens is 1. The summed E-state index contributed by atoms with van der Waals surface area (Å²) in [5.74, 6) is -0.189. The smallest absolute Gasteiger partial charge is 0.268 e. The van der Waals surface area contributed by atoms with Crippen molar-refractivity contribution in [2.24, 2.45) is 0 Å². The van der Waals surface area contributed by atoms with E-state index in [-0.39, 0.29) is 11.9 Å². The van der Waals surface area contributed by atoms with Gasteiger partial charge in [-0.25, -0.2) is 10.5 Å². The fourth-order valence-corrected chi connectivity index (χ4v) is 1.81. The Morgan fingerprint density at radius 1 is 1.85 bits per heavy atom. The molecule has 2 N–H and O–H groups in total. The summed E-state index contributed by atoms with van der Waals surface area (Å²) in [7, 11) is 0. The molecule has 1 unspecified atom stereocenters. The van der Waals surface area contributed by atoms with E-state index in [0.29, 0.717) is 16.9 Å². The highest BCUT2D eigenvalue weighted by Gasteiger charge is 2.25. The monoisotopic (exact) mass is 219 g/mol. The molecule has 0 saturated carbocycles. The molecule has 1 aromatic heterocycles. The Balaban J connectivity index is 2.01. The number of carbonyl (C=O) groups excluding carboxylic acids is 1. The maximum absolute atomic E-state index is 11.0. The van der Waals surface area contributed by atoms with Crippen molar-refractivity contribution in [1.29, 1.82) is 0 Å². The third-order valence-corrected chi connectivity index (χ3v) is 2.61. The molecule has 1 amide bonds. The molecule has 0 radical (unpaired) electrons. The van der Waals surface area contributed by atoms with Gasteiger partial charge < -0.3 is 5.32 Å². The van der Waals surface area contributed by atoms with Crippen molar-refractivity contribution in [3.63, 3.8) is 0 Å². The van der Waals surface area contributed by atoms with Crippen LogP contribution in [0, 0.1) is 0 Å². The first kappa shape index (κ1) is 8.74. The van der Waals surface area contributed by atoms with Crippen LogP contribution < -0.4 is 10.8 Å². The Labute approximate surface area is 83.0 Å². The second-order valence-corrected chi connectivity index (χ2v) is 3.69. The molecule has 1 aliphatic rings. The van der Waals surface area contributed by atoms with Crippen molar-refractivity contribution in [3.8, 4) is 0 Å². The van der Waals surface area contributed by atoms with Crippen LogP contribution in [-0.4, -0.2) is 23.5 Å². The summed E-state index contributed by atoms with van der Waals surface area (Å²) in [4.78, 5) is 19.7. The summed E-state index contributed by atoms with van der Waals surface area (Å²) in [6.45, 7) is 0.302. The predicted molar refractivity (Wildman–Crippen MR) is 48.6 cm³/mol. The summed E-state index contributed by atoms with van der Waals surface area (Å²) < 4.78 is 0. The molecule has 1 atom stereocenters. The van der Waals surface area contributed by atoms with E-state index >= 15 is 0 Å². The lowest BCUT2D eigenvalue weighted by Crippen LogP contribution is -2.30. The molecule has 7 heteroatoms. The van der Waals surface area contributed by atoms with Gasteiger partial charge in [-0.15, -0.1) is 11.3 Å². The van der Waals surface area contributed by atoms with Gasteiger partial charge in [-0.3, -0.25) is 9.63 Å². The molecule has 0 spiro atoms. The van der Waals surface area contributed by atoms with Crippen LogP contribution in [0.5, 0.6) is 0 Å². The molecule has 1 aliphatic heterocycles.